The van der Waals surface area contributed by atoms with Crippen LogP contribution in [-0.4, -0.2) is 33.9 Å². The summed E-state index contributed by atoms with van der Waals surface area (Å²) in [4.78, 5) is 22.8. The number of carbonyl (C=O) groups excluding carboxylic acids is 1. The van der Waals surface area contributed by atoms with E-state index in [2.05, 4.69) is 22.2 Å². The molecule has 1 aliphatic rings. The Bertz CT molecular complexity index is 446. The van der Waals surface area contributed by atoms with E-state index in [9.17, 15) is 4.79 Å². The number of nitrogens with one attached hydrogen (secondary N) is 1. The van der Waals surface area contributed by atoms with Gasteiger partial charge in [-0.15, -0.1) is 0 Å². The Morgan fingerprint density at radius 2 is 2.14 bits per heavy atom. The first-order chi connectivity index (χ1) is 10.2. The van der Waals surface area contributed by atoms with Crippen molar-refractivity contribution < 1.29 is 4.79 Å². The van der Waals surface area contributed by atoms with E-state index in [1.165, 1.54) is 12.8 Å². The molecular weight excluding hydrogens is 264 g/mol. The third-order valence-electron chi connectivity index (χ3n) is 4.04. The number of likely N-dealkylation sites (tertiary alicyclic amines) is 1. The van der Waals surface area contributed by atoms with Gasteiger partial charge < -0.3 is 10.2 Å². The first kappa shape index (κ1) is 15.7. The summed E-state index contributed by atoms with van der Waals surface area (Å²) in [6.07, 6.45) is 8.76. The number of carbonyl (C=O) groups is 1. The predicted molar refractivity (Wildman–Crippen MR) is 83.9 cm³/mol. The van der Waals surface area contributed by atoms with Gasteiger partial charge in [-0.3, -0.25) is 9.78 Å². The second-order valence-electron chi connectivity index (χ2n) is 5.72. The zero-order chi connectivity index (χ0) is 15.1. The lowest BCUT2D eigenvalue weighted by Gasteiger charge is -2.20. The van der Waals surface area contributed by atoms with Crippen LogP contribution in [-0.2, 0) is 11.3 Å². The molecule has 2 rings (SSSR count). The zero-order valence-electron chi connectivity index (χ0n) is 13.1. The van der Waals surface area contributed by atoms with Gasteiger partial charge in [-0.1, -0.05) is 19.8 Å². The maximum Gasteiger partial charge on any atom is 0.222 e. The molecule has 21 heavy (non-hydrogen) atoms. The Labute approximate surface area is 127 Å². The largest absolute Gasteiger partial charge is 0.369 e. The second kappa shape index (κ2) is 7.96. The number of amides is 1. The lowest BCUT2D eigenvalue weighted by atomic mass is 9.96. The Balaban J connectivity index is 1.93. The minimum Gasteiger partial charge on any atom is -0.369 e. The van der Waals surface area contributed by atoms with Crippen LogP contribution < -0.4 is 5.32 Å². The summed E-state index contributed by atoms with van der Waals surface area (Å²) in [5.41, 5.74) is 0.860. The zero-order valence-corrected chi connectivity index (χ0v) is 13.1. The summed E-state index contributed by atoms with van der Waals surface area (Å²) in [6, 6.07) is 0. The van der Waals surface area contributed by atoms with Crippen molar-refractivity contribution in [1.82, 2.24) is 14.9 Å². The van der Waals surface area contributed by atoms with Crippen molar-refractivity contribution in [2.75, 3.05) is 18.4 Å². The molecule has 0 aromatic carbocycles. The molecule has 1 aliphatic heterocycles. The van der Waals surface area contributed by atoms with E-state index in [0.717, 1.165) is 37.4 Å². The molecule has 0 spiro atoms. The summed E-state index contributed by atoms with van der Waals surface area (Å²) in [5.74, 6) is 1.74. The minimum atomic E-state index is 0.256. The van der Waals surface area contributed by atoms with Crippen molar-refractivity contribution in [3.05, 3.63) is 18.1 Å². The molecule has 0 bridgehead atoms. The monoisotopic (exact) mass is 290 g/mol. The Morgan fingerprint density at radius 1 is 1.29 bits per heavy atom. The summed E-state index contributed by atoms with van der Waals surface area (Å²) in [7, 11) is 0. The van der Waals surface area contributed by atoms with Gasteiger partial charge in [0.1, 0.15) is 5.82 Å². The molecule has 5 heteroatoms. The first-order valence-corrected chi connectivity index (χ1v) is 8.05. The third kappa shape index (κ3) is 4.69. The number of rotatable bonds is 6. The topological polar surface area (TPSA) is 58.1 Å². The number of nitrogens with zero attached hydrogens (tertiary/aromatic N) is 3. The van der Waals surface area contributed by atoms with Crippen LogP contribution in [0.1, 0.15) is 51.6 Å². The quantitative estimate of drug-likeness (QED) is 0.875. The van der Waals surface area contributed by atoms with Crippen LogP contribution in [0.15, 0.2) is 12.4 Å². The molecular formula is C16H26N4O. The molecule has 1 fully saturated rings. The molecule has 2 heterocycles. The molecule has 1 aromatic rings. The molecule has 1 unspecified atom stereocenters. The molecule has 1 amide bonds. The molecule has 0 radical (unpaired) electrons. The van der Waals surface area contributed by atoms with Crippen LogP contribution in [0.2, 0.25) is 0 Å². The first-order valence-electron chi connectivity index (χ1n) is 8.05. The highest BCUT2D eigenvalue weighted by Gasteiger charge is 2.22. The maximum absolute atomic E-state index is 12.2. The standard InChI is InChI=1S/C16H26N4O/c1-3-5-13-6-7-16(21)20(9-8-13)12-14-10-19-15(11-18-14)17-4-2/h10-11,13H,3-9,12H2,1-2H3,(H,17,19). The Kier molecular flexibility index (Phi) is 5.96. The fourth-order valence-electron chi connectivity index (χ4n) is 2.86. The third-order valence-corrected chi connectivity index (χ3v) is 4.04. The van der Waals surface area contributed by atoms with Crippen molar-refractivity contribution in [2.24, 2.45) is 5.92 Å². The molecule has 1 atom stereocenters. The van der Waals surface area contributed by atoms with Crippen molar-refractivity contribution in [3.8, 4) is 0 Å². The summed E-state index contributed by atoms with van der Waals surface area (Å²) in [5, 5.41) is 3.12. The van der Waals surface area contributed by atoms with Crippen molar-refractivity contribution >= 4 is 11.7 Å². The van der Waals surface area contributed by atoms with Crippen molar-refractivity contribution in [3.63, 3.8) is 0 Å². The average Bonchev–Trinajstić information content (AvgIpc) is 2.66. The van der Waals surface area contributed by atoms with Gasteiger partial charge in [0, 0.05) is 19.5 Å². The van der Waals surface area contributed by atoms with Crippen molar-refractivity contribution in [2.45, 2.75) is 52.5 Å². The fourth-order valence-corrected chi connectivity index (χ4v) is 2.86. The number of aromatic nitrogens is 2. The lowest BCUT2D eigenvalue weighted by Crippen LogP contribution is -2.30. The SMILES string of the molecule is CCCC1CCC(=O)N(Cc2cnc(NCC)cn2)CC1. The van der Waals surface area contributed by atoms with E-state index < -0.39 is 0 Å². The summed E-state index contributed by atoms with van der Waals surface area (Å²) < 4.78 is 0. The molecule has 0 aliphatic carbocycles. The highest BCUT2D eigenvalue weighted by Crippen LogP contribution is 2.23. The molecule has 5 nitrogen and oxygen atoms in total. The highest BCUT2D eigenvalue weighted by molar-refractivity contribution is 5.76. The smallest absolute Gasteiger partial charge is 0.222 e. The molecule has 1 N–H and O–H groups in total. The van der Waals surface area contributed by atoms with Crippen LogP contribution >= 0.6 is 0 Å². The molecule has 1 saturated heterocycles. The van der Waals surface area contributed by atoms with E-state index in [0.29, 0.717) is 18.9 Å². The van der Waals surface area contributed by atoms with Crippen LogP contribution in [0.3, 0.4) is 0 Å². The second-order valence-corrected chi connectivity index (χ2v) is 5.72. The van der Waals surface area contributed by atoms with Gasteiger partial charge in [0.15, 0.2) is 0 Å². The molecule has 116 valence electrons. The number of hydrogen-bond donors (Lipinski definition) is 1. The maximum atomic E-state index is 12.2. The molecule has 1 aromatic heterocycles. The van der Waals surface area contributed by atoms with E-state index in [4.69, 9.17) is 0 Å². The Morgan fingerprint density at radius 3 is 2.81 bits per heavy atom. The van der Waals surface area contributed by atoms with E-state index in [1.807, 2.05) is 11.8 Å². The number of hydrogen-bond acceptors (Lipinski definition) is 4. The van der Waals surface area contributed by atoms with Gasteiger partial charge in [0.05, 0.1) is 24.6 Å². The number of anilines is 1. The lowest BCUT2D eigenvalue weighted by molar-refractivity contribution is -0.131. The normalized spacial score (nSPS) is 19.4. The van der Waals surface area contributed by atoms with E-state index >= 15 is 0 Å². The highest BCUT2D eigenvalue weighted by atomic mass is 16.2. The summed E-state index contributed by atoms with van der Waals surface area (Å²) >= 11 is 0. The van der Waals surface area contributed by atoms with Crippen LogP contribution in [0.5, 0.6) is 0 Å². The molecule has 0 saturated carbocycles. The van der Waals surface area contributed by atoms with Gasteiger partial charge >= 0.3 is 0 Å². The van der Waals surface area contributed by atoms with Crippen LogP contribution in [0.25, 0.3) is 0 Å². The van der Waals surface area contributed by atoms with Crippen molar-refractivity contribution in [1.29, 1.82) is 0 Å². The average molecular weight is 290 g/mol. The van der Waals surface area contributed by atoms with Gasteiger partial charge in [-0.2, -0.15) is 0 Å². The van der Waals surface area contributed by atoms with E-state index in [-0.39, 0.29) is 5.91 Å². The van der Waals surface area contributed by atoms with Gasteiger partial charge in [-0.25, -0.2) is 4.98 Å². The minimum absolute atomic E-state index is 0.256. The van der Waals surface area contributed by atoms with Gasteiger partial charge in [0.25, 0.3) is 0 Å². The predicted octanol–water partition coefficient (Wildman–Crippen LogP) is 2.84. The van der Waals surface area contributed by atoms with Crippen LogP contribution in [0, 0.1) is 5.92 Å². The van der Waals surface area contributed by atoms with E-state index in [1.54, 1.807) is 12.4 Å². The van der Waals surface area contributed by atoms with Crippen LogP contribution in [0.4, 0.5) is 5.82 Å². The van der Waals surface area contributed by atoms with Gasteiger partial charge in [0.2, 0.25) is 5.91 Å². The summed E-state index contributed by atoms with van der Waals surface area (Å²) in [6.45, 7) is 6.50. The van der Waals surface area contributed by atoms with Gasteiger partial charge in [-0.05, 0) is 25.7 Å². The fraction of sp³-hybridized carbons (Fsp3) is 0.688. The Hall–Kier alpha value is -1.65.